The van der Waals surface area contributed by atoms with Crippen LogP contribution in [-0.2, 0) is 20.3 Å². The van der Waals surface area contributed by atoms with E-state index >= 15 is 0 Å². The number of nitrogens with two attached hydrogens (primary N) is 1. The predicted molar refractivity (Wildman–Crippen MR) is 167 cm³/mol. The fourth-order valence-corrected chi connectivity index (χ4v) is 6.61. The SMILES string of the molecule is COC(=O)c1ccc(N)c2cc(C[C@H](OC3CCCC3)C(O[Si](C)(C)C(C)(C)C)c3cc(OC)c(C)c(OC)c3)nn12. The van der Waals surface area contributed by atoms with Crippen LogP contribution in [0.4, 0.5) is 5.69 Å². The Balaban J connectivity index is 1.86. The zero-order chi connectivity index (χ0) is 30.8. The van der Waals surface area contributed by atoms with Crippen molar-refractivity contribution in [2.24, 2.45) is 0 Å². The number of carbonyl (C=O) groups is 1. The van der Waals surface area contributed by atoms with Crippen LogP contribution in [0.15, 0.2) is 30.3 Å². The molecule has 0 bridgehead atoms. The van der Waals surface area contributed by atoms with Crippen LogP contribution < -0.4 is 15.2 Å². The molecule has 1 saturated carbocycles. The first kappa shape index (κ1) is 31.8. The minimum absolute atomic E-state index is 0.0328. The van der Waals surface area contributed by atoms with Crippen LogP contribution >= 0.6 is 0 Å². The number of aromatic nitrogens is 2. The van der Waals surface area contributed by atoms with E-state index in [0.29, 0.717) is 23.3 Å². The smallest absolute Gasteiger partial charge is 0.356 e. The van der Waals surface area contributed by atoms with Gasteiger partial charge in [-0.15, -0.1) is 0 Å². The van der Waals surface area contributed by atoms with Gasteiger partial charge in [0.25, 0.3) is 0 Å². The summed E-state index contributed by atoms with van der Waals surface area (Å²) in [5.41, 5.74) is 10.4. The fraction of sp³-hybridized carbons (Fsp3) is 0.562. The highest BCUT2D eigenvalue weighted by Crippen LogP contribution is 2.44. The van der Waals surface area contributed by atoms with Crippen molar-refractivity contribution in [2.45, 2.75) is 96.2 Å². The first-order valence-corrected chi connectivity index (χ1v) is 17.6. The standard InChI is InChI=1S/C32H47N3O6Si/c1-20-27(37-5)16-21(17-28(20)38-6)30(41-42(8,9)32(2,3)4)29(40-23-12-10-11-13-23)19-22-18-26-24(33)14-15-25(31(36)39-7)35(26)34-22/h14-18,23,29-30H,10-13,19,33H2,1-9H3/t29-,30?/m0/s1. The zero-order valence-corrected chi connectivity index (χ0v) is 27.6. The van der Waals surface area contributed by atoms with Crippen LogP contribution in [0.1, 0.15) is 79.9 Å². The number of carbonyl (C=O) groups excluding carboxylic acids is 1. The molecule has 0 amide bonds. The number of ether oxygens (including phenoxy) is 4. The molecule has 230 valence electrons. The van der Waals surface area contributed by atoms with Gasteiger partial charge in [0, 0.05) is 12.0 Å². The van der Waals surface area contributed by atoms with Gasteiger partial charge in [0.2, 0.25) is 0 Å². The number of anilines is 1. The monoisotopic (exact) mass is 597 g/mol. The lowest BCUT2D eigenvalue weighted by molar-refractivity contribution is -0.0709. The molecule has 1 fully saturated rings. The van der Waals surface area contributed by atoms with E-state index in [1.807, 2.05) is 25.1 Å². The van der Waals surface area contributed by atoms with E-state index in [-0.39, 0.29) is 17.2 Å². The molecule has 3 aromatic rings. The largest absolute Gasteiger partial charge is 0.496 e. The van der Waals surface area contributed by atoms with Crippen molar-refractivity contribution in [1.82, 2.24) is 9.61 Å². The third kappa shape index (κ3) is 6.60. The van der Waals surface area contributed by atoms with Gasteiger partial charge in [0.1, 0.15) is 11.5 Å². The van der Waals surface area contributed by atoms with E-state index < -0.39 is 20.4 Å². The molecule has 1 unspecified atom stereocenters. The summed E-state index contributed by atoms with van der Waals surface area (Å²) in [5.74, 6) is 0.985. The van der Waals surface area contributed by atoms with Gasteiger partial charge >= 0.3 is 5.97 Å². The van der Waals surface area contributed by atoms with Crippen LogP contribution in [0.3, 0.4) is 0 Å². The van der Waals surface area contributed by atoms with Crippen molar-refractivity contribution in [3.05, 3.63) is 52.8 Å². The van der Waals surface area contributed by atoms with E-state index in [9.17, 15) is 4.79 Å². The number of benzene rings is 1. The average Bonchev–Trinajstić information content (AvgIpc) is 3.61. The summed E-state index contributed by atoms with van der Waals surface area (Å²) in [7, 11) is 2.40. The molecule has 0 radical (unpaired) electrons. The lowest BCUT2D eigenvalue weighted by Gasteiger charge is -2.42. The molecular weight excluding hydrogens is 550 g/mol. The number of nitrogen functional groups attached to an aromatic ring is 1. The Hall–Kier alpha value is -3.08. The van der Waals surface area contributed by atoms with Gasteiger partial charge in [-0.25, -0.2) is 9.31 Å². The maximum absolute atomic E-state index is 12.5. The summed E-state index contributed by atoms with van der Waals surface area (Å²) in [5, 5.41) is 4.79. The van der Waals surface area contributed by atoms with Crippen molar-refractivity contribution >= 4 is 25.5 Å². The molecule has 1 aliphatic rings. The number of fused-ring (bicyclic) bond motifs is 1. The van der Waals surface area contributed by atoms with E-state index in [2.05, 4.69) is 33.9 Å². The van der Waals surface area contributed by atoms with Crippen molar-refractivity contribution < 1.29 is 28.2 Å². The minimum atomic E-state index is -2.29. The summed E-state index contributed by atoms with van der Waals surface area (Å²) >= 11 is 0. The lowest BCUT2D eigenvalue weighted by atomic mass is 9.98. The van der Waals surface area contributed by atoms with Gasteiger partial charge in [-0.3, -0.25) is 0 Å². The van der Waals surface area contributed by atoms with Crippen LogP contribution in [-0.4, -0.2) is 57.4 Å². The molecule has 2 heterocycles. The fourth-order valence-electron chi connectivity index (χ4n) is 5.33. The van der Waals surface area contributed by atoms with E-state index in [1.165, 1.54) is 7.11 Å². The Bertz CT molecular complexity index is 1380. The molecule has 10 heteroatoms. The topological polar surface area (TPSA) is 107 Å². The summed E-state index contributed by atoms with van der Waals surface area (Å²) in [6, 6.07) is 9.33. The molecular formula is C32H47N3O6Si. The first-order valence-electron chi connectivity index (χ1n) is 14.7. The first-order chi connectivity index (χ1) is 19.8. The third-order valence-electron chi connectivity index (χ3n) is 8.85. The molecule has 2 atom stereocenters. The highest BCUT2D eigenvalue weighted by molar-refractivity contribution is 6.74. The van der Waals surface area contributed by atoms with Gasteiger partial charge in [-0.1, -0.05) is 33.6 Å². The maximum atomic E-state index is 12.5. The van der Waals surface area contributed by atoms with Gasteiger partial charge in [-0.05, 0) is 73.8 Å². The summed E-state index contributed by atoms with van der Waals surface area (Å²) in [4.78, 5) is 12.5. The Labute approximate surface area is 250 Å². The highest BCUT2D eigenvalue weighted by atomic mass is 28.4. The lowest BCUT2D eigenvalue weighted by Crippen LogP contribution is -2.45. The number of methoxy groups -OCH3 is 3. The van der Waals surface area contributed by atoms with Crippen molar-refractivity contribution in [2.75, 3.05) is 27.1 Å². The van der Waals surface area contributed by atoms with Crippen LogP contribution in [0.2, 0.25) is 18.1 Å². The van der Waals surface area contributed by atoms with Crippen molar-refractivity contribution in [3.8, 4) is 11.5 Å². The molecule has 0 spiro atoms. The molecule has 42 heavy (non-hydrogen) atoms. The van der Waals surface area contributed by atoms with Gasteiger partial charge in [-0.2, -0.15) is 5.10 Å². The number of rotatable bonds is 11. The highest BCUT2D eigenvalue weighted by Gasteiger charge is 2.42. The van der Waals surface area contributed by atoms with Crippen LogP contribution in [0, 0.1) is 6.92 Å². The summed E-state index contributed by atoms with van der Waals surface area (Å²) in [6.45, 7) is 13.2. The number of esters is 1. The molecule has 9 nitrogen and oxygen atoms in total. The van der Waals surface area contributed by atoms with Crippen molar-refractivity contribution in [1.29, 1.82) is 0 Å². The Morgan fingerprint density at radius 2 is 1.69 bits per heavy atom. The van der Waals surface area contributed by atoms with E-state index in [4.69, 9.17) is 34.2 Å². The minimum Gasteiger partial charge on any atom is -0.496 e. The molecule has 1 aromatic carbocycles. The maximum Gasteiger partial charge on any atom is 0.356 e. The Kier molecular flexibility index (Phi) is 9.59. The Morgan fingerprint density at radius 3 is 2.24 bits per heavy atom. The number of pyridine rings is 1. The second kappa shape index (κ2) is 12.6. The zero-order valence-electron chi connectivity index (χ0n) is 26.6. The summed E-state index contributed by atoms with van der Waals surface area (Å²) < 4.78 is 32.2. The van der Waals surface area contributed by atoms with Crippen LogP contribution in [0.5, 0.6) is 11.5 Å². The number of hydrogen-bond donors (Lipinski definition) is 1. The molecule has 0 aliphatic heterocycles. The predicted octanol–water partition coefficient (Wildman–Crippen LogP) is 6.66. The Morgan fingerprint density at radius 1 is 1.07 bits per heavy atom. The van der Waals surface area contributed by atoms with Crippen molar-refractivity contribution in [3.63, 3.8) is 0 Å². The van der Waals surface area contributed by atoms with E-state index in [0.717, 1.165) is 54.0 Å². The molecule has 2 N–H and O–H groups in total. The van der Waals surface area contributed by atoms with Crippen LogP contribution in [0.25, 0.3) is 5.52 Å². The average molecular weight is 598 g/mol. The number of nitrogens with zero attached hydrogens (tertiary/aromatic N) is 2. The van der Waals surface area contributed by atoms with E-state index in [1.54, 1.807) is 30.9 Å². The molecule has 1 aliphatic carbocycles. The number of hydrogen-bond acceptors (Lipinski definition) is 8. The molecule has 2 aromatic heterocycles. The van der Waals surface area contributed by atoms with Gasteiger partial charge in [0.15, 0.2) is 14.0 Å². The molecule has 4 rings (SSSR count). The molecule has 0 saturated heterocycles. The quantitative estimate of drug-likeness (QED) is 0.193. The third-order valence-corrected chi connectivity index (χ3v) is 13.3. The summed E-state index contributed by atoms with van der Waals surface area (Å²) in [6.07, 6.45) is 4.10. The van der Waals surface area contributed by atoms with Gasteiger partial charge in [0.05, 0.1) is 56.5 Å². The second-order valence-corrected chi connectivity index (χ2v) is 17.5. The van der Waals surface area contributed by atoms with Gasteiger partial charge < -0.3 is 29.1 Å². The second-order valence-electron chi connectivity index (χ2n) is 12.7. The normalized spacial score (nSPS) is 16.0.